The maximum atomic E-state index is 12.4. The number of thioether (sulfide) groups is 1. The van der Waals surface area contributed by atoms with Crippen LogP contribution in [-0.2, 0) is 11.3 Å². The highest BCUT2D eigenvalue weighted by atomic mass is 35.5. The third kappa shape index (κ3) is 4.65. The molecule has 6 heteroatoms. The van der Waals surface area contributed by atoms with E-state index < -0.39 is 0 Å². The lowest BCUT2D eigenvalue weighted by atomic mass is 10.3. The summed E-state index contributed by atoms with van der Waals surface area (Å²) in [5, 5.41) is 0.486. The quantitative estimate of drug-likeness (QED) is 0.684. The van der Waals surface area contributed by atoms with E-state index in [1.54, 1.807) is 11.9 Å². The second kappa shape index (κ2) is 7.54. The number of halogens is 2. The summed E-state index contributed by atoms with van der Waals surface area (Å²) in [6, 6.07) is 11.4. The minimum absolute atomic E-state index is 0.0736. The monoisotopic (exact) mass is 359 g/mol. The molecule has 0 saturated carbocycles. The van der Waals surface area contributed by atoms with Crippen LogP contribution in [0.5, 0.6) is 0 Å². The molecular formula is C15H15Cl2NOS2. The van der Waals surface area contributed by atoms with Gasteiger partial charge in [0.05, 0.1) is 21.2 Å². The summed E-state index contributed by atoms with van der Waals surface area (Å²) in [7, 11) is 1.81. The largest absolute Gasteiger partial charge is 0.340 e. The van der Waals surface area contributed by atoms with E-state index in [1.807, 2.05) is 43.3 Å². The van der Waals surface area contributed by atoms with E-state index in [0.29, 0.717) is 11.6 Å². The molecule has 1 atom stereocenters. The Morgan fingerprint density at radius 1 is 1.29 bits per heavy atom. The summed E-state index contributed by atoms with van der Waals surface area (Å²) in [4.78, 5) is 16.1. The molecule has 2 aromatic rings. The van der Waals surface area contributed by atoms with Crippen molar-refractivity contribution < 1.29 is 4.79 Å². The van der Waals surface area contributed by atoms with Crippen molar-refractivity contribution in [3.05, 3.63) is 50.6 Å². The van der Waals surface area contributed by atoms with Crippen molar-refractivity contribution in [1.82, 2.24) is 4.90 Å². The number of rotatable bonds is 5. The SMILES string of the molecule is CC(Sc1ccccc1Cl)C(=O)N(C)Cc1ccc(Cl)s1. The third-order valence-electron chi connectivity index (χ3n) is 2.89. The molecule has 1 aromatic heterocycles. The van der Waals surface area contributed by atoms with Crippen LogP contribution >= 0.6 is 46.3 Å². The van der Waals surface area contributed by atoms with Crippen molar-refractivity contribution >= 4 is 52.2 Å². The Bertz CT molecular complexity index is 630. The molecule has 2 nitrogen and oxygen atoms in total. The van der Waals surface area contributed by atoms with E-state index in [1.165, 1.54) is 23.1 Å². The molecule has 1 aromatic carbocycles. The maximum absolute atomic E-state index is 12.4. The lowest BCUT2D eigenvalue weighted by Gasteiger charge is -2.20. The highest BCUT2D eigenvalue weighted by Gasteiger charge is 2.20. The molecule has 1 amide bonds. The fourth-order valence-electron chi connectivity index (χ4n) is 1.84. The van der Waals surface area contributed by atoms with Crippen LogP contribution in [0.4, 0.5) is 0 Å². The van der Waals surface area contributed by atoms with Crippen LogP contribution in [0.1, 0.15) is 11.8 Å². The first-order valence-electron chi connectivity index (χ1n) is 6.37. The van der Waals surface area contributed by atoms with Crippen LogP contribution < -0.4 is 0 Å². The molecule has 112 valence electrons. The van der Waals surface area contributed by atoms with Gasteiger partial charge in [-0.15, -0.1) is 23.1 Å². The van der Waals surface area contributed by atoms with Gasteiger partial charge < -0.3 is 4.90 Å². The van der Waals surface area contributed by atoms with Crippen LogP contribution in [0.3, 0.4) is 0 Å². The fraction of sp³-hybridized carbons (Fsp3) is 0.267. The van der Waals surface area contributed by atoms with Gasteiger partial charge >= 0.3 is 0 Å². The zero-order valence-electron chi connectivity index (χ0n) is 11.7. The van der Waals surface area contributed by atoms with E-state index in [4.69, 9.17) is 23.2 Å². The van der Waals surface area contributed by atoms with Crippen molar-refractivity contribution in [2.24, 2.45) is 0 Å². The third-order valence-corrected chi connectivity index (χ3v) is 5.71. The van der Waals surface area contributed by atoms with Crippen molar-refractivity contribution in [1.29, 1.82) is 0 Å². The van der Waals surface area contributed by atoms with Gasteiger partial charge in [-0.2, -0.15) is 0 Å². The van der Waals surface area contributed by atoms with Gasteiger partial charge in [0.2, 0.25) is 5.91 Å². The van der Waals surface area contributed by atoms with Gasteiger partial charge in [0.25, 0.3) is 0 Å². The number of benzene rings is 1. The van der Waals surface area contributed by atoms with Crippen LogP contribution in [0, 0.1) is 0 Å². The molecule has 1 heterocycles. The summed E-state index contributed by atoms with van der Waals surface area (Å²) in [5.74, 6) is 0.0736. The molecule has 0 bridgehead atoms. The van der Waals surface area contributed by atoms with Gasteiger partial charge in [-0.3, -0.25) is 4.79 Å². The van der Waals surface area contributed by atoms with Gasteiger partial charge in [0.15, 0.2) is 0 Å². The Labute approximate surface area is 143 Å². The minimum Gasteiger partial charge on any atom is -0.340 e. The summed E-state index contributed by atoms with van der Waals surface area (Å²) in [5.41, 5.74) is 0. The van der Waals surface area contributed by atoms with Gasteiger partial charge in [-0.1, -0.05) is 35.3 Å². The zero-order valence-corrected chi connectivity index (χ0v) is 14.8. The van der Waals surface area contributed by atoms with E-state index >= 15 is 0 Å². The molecule has 0 spiro atoms. The maximum Gasteiger partial charge on any atom is 0.235 e. The lowest BCUT2D eigenvalue weighted by Crippen LogP contribution is -2.32. The first-order valence-corrected chi connectivity index (χ1v) is 8.83. The van der Waals surface area contributed by atoms with E-state index in [9.17, 15) is 4.79 Å². The number of thiophene rings is 1. The highest BCUT2D eigenvalue weighted by molar-refractivity contribution is 8.00. The minimum atomic E-state index is -0.190. The molecule has 0 N–H and O–H groups in total. The summed E-state index contributed by atoms with van der Waals surface area (Å²) in [6.45, 7) is 2.47. The first-order chi connectivity index (χ1) is 9.97. The van der Waals surface area contributed by atoms with Crippen molar-refractivity contribution in [3.8, 4) is 0 Å². The molecule has 0 fully saturated rings. The normalized spacial score (nSPS) is 12.2. The molecular weight excluding hydrogens is 345 g/mol. The predicted octanol–water partition coefficient (Wildman–Crippen LogP) is 5.19. The van der Waals surface area contributed by atoms with Crippen LogP contribution in [-0.4, -0.2) is 23.1 Å². The average Bonchev–Trinajstić information content (AvgIpc) is 2.85. The van der Waals surface area contributed by atoms with Gasteiger partial charge in [0.1, 0.15) is 0 Å². The molecule has 21 heavy (non-hydrogen) atoms. The van der Waals surface area contributed by atoms with Crippen LogP contribution in [0.2, 0.25) is 9.36 Å². The number of carbonyl (C=O) groups excluding carboxylic acids is 1. The number of hydrogen-bond donors (Lipinski definition) is 0. The lowest BCUT2D eigenvalue weighted by molar-refractivity contribution is -0.129. The van der Waals surface area contributed by atoms with Gasteiger partial charge in [-0.25, -0.2) is 0 Å². The number of amides is 1. The smallest absolute Gasteiger partial charge is 0.235 e. The molecule has 0 radical (unpaired) electrons. The van der Waals surface area contributed by atoms with Crippen molar-refractivity contribution in [2.75, 3.05) is 7.05 Å². The highest BCUT2D eigenvalue weighted by Crippen LogP contribution is 2.31. The van der Waals surface area contributed by atoms with Crippen LogP contribution in [0.25, 0.3) is 0 Å². The Hall–Kier alpha value is -0.680. The Kier molecular flexibility index (Phi) is 5.99. The second-order valence-electron chi connectivity index (χ2n) is 4.59. The fourth-order valence-corrected chi connectivity index (χ4v) is 4.25. The topological polar surface area (TPSA) is 20.3 Å². The Balaban J connectivity index is 1.97. The number of nitrogens with zero attached hydrogens (tertiary/aromatic N) is 1. The van der Waals surface area contributed by atoms with E-state index in [-0.39, 0.29) is 11.2 Å². The average molecular weight is 360 g/mol. The molecule has 2 rings (SSSR count). The Morgan fingerprint density at radius 2 is 2.00 bits per heavy atom. The van der Waals surface area contributed by atoms with E-state index in [2.05, 4.69) is 0 Å². The molecule has 0 aliphatic heterocycles. The van der Waals surface area contributed by atoms with Gasteiger partial charge in [0, 0.05) is 16.8 Å². The number of hydrogen-bond acceptors (Lipinski definition) is 3. The van der Waals surface area contributed by atoms with Crippen LogP contribution in [0.15, 0.2) is 41.3 Å². The molecule has 1 unspecified atom stereocenters. The van der Waals surface area contributed by atoms with Crippen molar-refractivity contribution in [3.63, 3.8) is 0 Å². The first kappa shape index (κ1) is 16.7. The van der Waals surface area contributed by atoms with Crippen molar-refractivity contribution in [2.45, 2.75) is 23.6 Å². The second-order valence-corrected chi connectivity index (χ2v) is 8.18. The van der Waals surface area contributed by atoms with Gasteiger partial charge in [-0.05, 0) is 31.2 Å². The summed E-state index contributed by atoms with van der Waals surface area (Å²) < 4.78 is 0.740. The zero-order chi connectivity index (χ0) is 15.4. The molecule has 0 aliphatic rings. The standard InChI is InChI=1S/C15H15Cl2NOS2/c1-10(20-13-6-4-3-5-12(13)16)15(19)18(2)9-11-7-8-14(17)21-11/h3-8,10H,9H2,1-2H3. The molecule has 0 aliphatic carbocycles. The summed E-state index contributed by atoms with van der Waals surface area (Å²) in [6.07, 6.45) is 0. The molecule has 0 saturated heterocycles. The predicted molar refractivity (Wildman–Crippen MR) is 92.6 cm³/mol. The van der Waals surface area contributed by atoms with E-state index in [0.717, 1.165) is 14.1 Å². The number of carbonyl (C=O) groups is 1. The Morgan fingerprint density at radius 3 is 2.62 bits per heavy atom. The summed E-state index contributed by atoms with van der Waals surface area (Å²) >= 11 is 15.0.